The summed E-state index contributed by atoms with van der Waals surface area (Å²) < 4.78 is 0. The fourth-order valence-corrected chi connectivity index (χ4v) is 6.92. The van der Waals surface area contributed by atoms with Gasteiger partial charge < -0.3 is 0 Å². The Morgan fingerprint density at radius 3 is 1.54 bits per heavy atom. The van der Waals surface area contributed by atoms with E-state index in [1.54, 1.807) is 11.1 Å². The summed E-state index contributed by atoms with van der Waals surface area (Å²) in [4.78, 5) is 2.96. The van der Waals surface area contributed by atoms with Crippen LogP contribution in [0.2, 0.25) is 0 Å². The fraction of sp³-hybridized carbons (Fsp3) is 0.182. The van der Waals surface area contributed by atoms with Crippen LogP contribution >= 0.6 is 22.7 Å². The monoisotopic (exact) mass is 344 g/mol. The molecule has 0 N–H and O–H groups in total. The summed E-state index contributed by atoms with van der Waals surface area (Å²) in [6.45, 7) is 4.73. The van der Waals surface area contributed by atoms with E-state index in [4.69, 9.17) is 0 Å². The highest BCUT2D eigenvalue weighted by Gasteiger charge is 2.32. The molecule has 2 aromatic carbocycles. The second-order valence-electron chi connectivity index (χ2n) is 7.00. The van der Waals surface area contributed by atoms with Crippen molar-refractivity contribution in [2.24, 2.45) is 0 Å². The molecule has 0 aliphatic heterocycles. The van der Waals surface area contributed by atoms with Crippen LogP contribution in [0.15, 0.2) is 47.2 Å². The lowest BCUT2D eigenvalue weighted by Gasteiger charge is -2.15. The largest absolute Gasteiger partial charge is 0.144 e. The molecule has 116 valence electrons. The number of fused-ring (bicyclic) bond motifs is 9. The van der Waals surface area contributed by atoms with E-state index in [1.807, 2.05) is 22.7 Å². The highest BCUT2D eigenvalue weighted by atomic mass is 32.1. The Morgan fingerprint density at radius 2 is 1.08 bits per heavy atom. The normalized spacial score (nSPS) is 20.1. The van der Waals surface area contributed by atoms with Crippen molar-refractivity contribution in [2.45, 2.75) is 25.7 Å². The molecule has 0 fully saturated rings. The molecule has 0 bridgehead atoms. The minimum atomic E-state index is 0.508. The van der Waals surface area contributed by atoms with Crippen molar-refractivity contribution in [3.8, 4) is 20.9 Å². The van der Waals surface area contributed by atoms with Crippen molar-refractivity contribution in [1.29, 1.82) is 0 Å². The molecule has 0 saturated heterocycles. The molecule has 2 aliphatic carbocycles. The summed E-state index contributed by atoms with van der Waals surface area (Å²) in [5.74, 6) is 1.02. The van der Waals surface area contributed by atoms with E-state index in [0.29, 0.717) is 11.8 Å². The van der Waals surface area contributed by atoms with Crippen LogP contribution in [0.3, 0.4) is 0 Å². The van der Waals surface area contributed by atoms with Crippen LogP contribution in [-0.2, 0) is 0 Å². The van der Waals surface area contributed by atoms with E-state index in [1.165, 1.54) is 42.8 Å². The van der Waals surface area contributed by atoms with E-state index in [2.05, 4.69) is 61.0 Å². The van der Waals surface area contributed by atoms with Crippen LogP contribution in [0.4, 0.5) is 0 Å². The standard InChI is InChI=1S/C22H16S2/c1-11-13-7-9-23-21(13)17-5-4-16-15(19(11)17)3-6-18-20(16)12(2)14-8-10-24-22(14)18/h3-12H,1-2H3. The van der Waals surface area contributed by atoms with Gasteiger partial charge in [-0.25, -0.2) is 0 Å². The number of thiophene rings is 2. The van der Waals surface area contributed by atoms with Gasteiger partial charge in [-0.2, -0.15) is 0 Å². The second-order valence-corrected chi connectivity index (χ2v) is 8.83. The van der Waals surface area contributed by atoms with Crippen molar-refractivity contribution in [2.75, 3.05) is 0 Å². The summed E-state index contributed by atoms with van der Waals surface area (Å²) in [7, 11) is 0. The molecule has 24 heavy (non-hydrogen) atoms. The lowest BCUT2D eigenvalue weighted by molar-refractivity contribution is 0.962. The van der Waals surface area contributed by atoms with E-state index >= 15 is 0 Å². The van der Waals surface area contributed by atoms with Crippen LogP contribution < -0.4 is 0 Å². The molecule has 2 unspecified atom stereocenters. The van der Waals surface area contributed by atoms with Gasteiger partial charge in [0.1, 0.15) is 0 Å². The molecule has 4 aromatic rings. The molecule has 0 amide bonds. The molecule has 2 heteroatoms. The Kier molecular flexibility index (Phi) is 2.45. The number of hydrogen-bond donors (Lipinski definition) is 0. The average molecular weight is 345 g/mol. The van der Waals surface area contributed by atoms with E-state index in [9.17, 15) is 0 Å². The number of rotatable bonds is 0. The molecule has 6 rings (SSSR count). The SMILES string of the molecule is CC1c2ccsc2-c2ccc3c4c(ccc3c21)-c1sccc1C4C. The molecular weight excluding hydrogens is 328 g/mol. The summed E-state index contributed by atoms with van der Waals surface area (Å²) in [5.41, 5.74) is 9.02. The first kappa shape index (κ1) is 13.4. The lowest BCUT2D eigenvalue weighted by Crippen LogP contribution is -1.95. The zero-order valence-electron chi connectivity index (χ0n) is 13.6. The Balaban J connectivity index is 1.71. The van der Waals surface area contributed by atoms with Crippen LogP contribution in [0, 0.1) is 0 Å². The molecule has 0 radical (unpaired) electrons. The highest BCUT2D eigenvalue weighted by Crippen LogP contribution is 2.54. The Hall–Kier alpha value is -1.90. The third kappa shape index (κ3) is 1.41. The number of hydrogen-bond acceptors (Lipinski definition) is 2. The van der Waals surface area contributed by atoms with E-state index in [0.717, 1.165) is 0 Å². The topological polar surface area (TPSA) is 0 Å². The zero-order chi connectivity index (χ0) is 16.0. The predicted molar refractivity (Wildman–Crippen MR) is 106 cm³/mol. The summed E-state index contributed by atoms with van der Waals surface area (Å²) in [5, 5.41) is 7.39. The van der Waals surface area contributed by atoms with Gasteiger partial charge in [0.2, 0.25) is 0 Å². The molecule has 2 aromatic heterocycles. The van der Waals surface area contributed by atoms with Crippen molar-refractivity contribution in [3.05, 3.63) is 69.4 Å². The Bertz CT molecular complexity index is 1050. The molecule has 2 aliphatic rings. The van der Waals surface area contributed by atoms with Crippen molar-refractivity contribution in [3.63, 3.8) is 0 Å². The first-order valence-corrected chi connectivity index (χ1v) is 10.3. The minimum Gasteiger partial charge on any atom is -0.144 e. The molecular formula is C22H16S2. The van der Waals surface area contributed by atoms with Crippen LogP contribution in [-0.4, -0.2) is 0 Å². The van der Waals surface area contributed by atoms with Gasteiger partial charge in [0.05, 0.1) is 0 Å². The van der Waals surface area contributed by atoms with Gasteiger partial charge in [0.15, 0.2) is 0 Å². The Morgan fingerprint density at radius 1 is 0.625 bits per heavy atom. The van der Waals surface area contributed by atoms with Crippen molar-refractivity contribution < 1.29 is 0 Å². The molecule has 0 spiro atoms. The van der Waals surface area contributed by atoms with Crippen LogP contribution in [0.5, 0.6) is 0 Å². The average Bonchev–Trinajstić information content (AvgIpc) is 3.33. The third-order valence-electron chi connectivity index (χ3n) is 5.96. The van der Waals surface area contributed by atoms with Gasteiger partial charge in [0, 0.05) is 21.6 Å². The van der Waals surface area contributed by atoms with Crippen molar-refractivity contribution in [1.82, 2.24) is 0 Å². The highest BCUT2D eigenvalue weighted by molar-refractivity contribution is 7.14. The smallest absolute Gasteiger partial charge is 0.0384 e. The van der Waals surface area contributed by atoms with Gasteiger partial charge in [-0.15, -0.1) is 22.7 Å². The van der Waals surface area contributed by atoms with E-state index in [-0.39, 0.29) is 0 Å². The lowest BCUT2D eigenvalue weighted by atomic mass is 9.88. The fourth-order valence-electron chi connectivity index (χ4n) is 4.85. The minimum absolute atomic E-state index is 0.508. The van der Waals surface area contributed by atoms with Crippen LogP contribution in [0.1, 0.15) is 47.9 Å². The van der Waals surface area contributed by atoms with Gasteiger partial charge in [-0.3, -0.25) is 0 Å². The van der Waals surface area contributed by atoms with Gasteiger partial charge in [-0.05, 0) is 67.0 Å². The Labute approximate surface area is 149 Å². The molecule has 2 atom stereocenters. The maximum atomic E-state index is 2.38. The molecule has 0 saturated carbocycles. The van der Waals surface area contributed by atoms with E-state index < -0.39 is 0 Å². The zero-order valence-corrected chi connectivity index (χ0v) is 15.2. The number of benzene rings is 2. The maximum absolute atomic E-state index is 2.38. The van der Waals surface area contributed by atoms with Crippen LogP contribution in [0.25, 0.3) is 31.7 Å². The molecule has 2 heterocycles. The summed E-state index contributed by atoms with van der Waals surface area (Å²) in [6.07, 6.45) is 0. The summed E-state index contributed by atoms with van der Waals surface area (Å²) in [6, 6.07) is 14.1. The predicted octanol–water partition coefficient (Wildman–Crippen LogP) is 7.23. The van der Waals surface area contributed by atoms with Gasteiger partial charge in [-0.1, -0.05) is 38.1 Å². The van der Waals surface area contributed by atoms with Gasteiger partial charge >= 0.3 is 0 Å². The molecule has 0 nitrogen and oxygen atoms in total. The first-order chi connectivity index (χ1) is 11.8. The third-order valence-corrected chi connectivity index (χ3v) is 7.89. The van der Waals surface area contributed by atoms with Gasteiger partial charge in [0.25, 0.3) is 0 Å². The quantitative estimate of drug-likeness (QED) is 0.316. The maximum Gasteiger partial charge on any atom is 0.0384 e. The van der Waals surface area contributed by atoms with Crippen molar-refractivity contribution >= 4 is 33.4 Å². The first-order valence-electron chi connectivity index (χ1n) is 8.50. The summed E-state index contributed by atoms with van der Waals surface area (Å²) >= 11 is 3.77. The second kappa shape index (κ2) is 4.38.